The Bertz CT molecular complexity index is 1660. The maximum atomic E-state index is 14.0. The summed E-state index contributed by atoms with van der Waals surface area (Å²) >= 11 is 1.58. The van der Waals surface area contributed by atoms with Gasteiger partial charge in [-0.25, -0.2) is 8.42 Å². The van der Waals surface area contributed by atoms with Crippen molar-refractivity contribution in [1.82, 2.24) is 10.6 Å². The van der Waals surface area contributed by atoms with Crippen LogP contribution in [0, 0.1) is 5.41 Å². The van der Waals surface area contributed by atoms with E-state index in [1.165, 1.54) is 6.07 Å². The zero-order valence-electron chi connectivity index (χ0n) is 27.3. The molecular weight excluding hydrogens is 653 g/mol. The van der Waals surface area contributed by atoms with Crippen molar-refractivity contribution in [2.24, 2.45) is 11.1 Å². The Morgan fingerprint density at radius 3 is 2.33 bits per heavy atom. The number of ether oxygens (including phenoxy) is 1. The SMILES string of the molecule is CCCCC1(CC)CN(SCc2ccccc2)c2ccc(OCC(=O)N[C@@H](C(=O)N[C@@H](CO)C(N)=O)c3ccccc3)cc2S(=O)(=O)C1. The van der Waals surface area contributed by atoms with Crippen LogP contribution in [-0.2, 0) is 30.0 Å². The number of carbonyl (C=O) groups is 3. The number of sulfone groups is 1. The molecule has 3 aromatic carbocycles. The molecule has 0 radical (unpaired) electrons. The van der Waals surface area contributed by atoms with Crippen LogP contribution in [0.2, 0.25) is 0 Å². The molecule has 0 saturated heterocycles. The third-order valence-electron chi connectivity index (χ3n) is 8.46. The molecule has 3 amide bonds. The lowest BCUT2D eigenvalue weighted by molar-refractivity contribution is -0.132. The van der Waals surface area contributed by atoms with Gasteiger partial charge in [-0.15, -0.1) is 0 Å². The smallest absolute Gasteiger partial charge is 0.258 e. The molecule has 258 valence electrons. The molecule has 0 fully saturated rings. The summed E-state index contributed by atoms with van der Waals surface area (Å²) in [6.07, 6.45) is 3.38. The van der Waals surface area contributed by atoms with Gasteiger partial charge in [0, 0.05) is 23.8 Å². The number of hydrogen-bond donors (Lipinski definition) is 4. The van der Waals surface area contributed by atoms with Gasteiger partial charge < -0.3 is 30.5 Å². The maximum Gasteiger partial charge on any atom is 0.258 e. The number of unbranched alkanes of at least 4 members (excludes halogenated alkanes) is 1. The van der Waals surface area contributed by atoms with Crippen LogP contribution in [0.3, 0.4) is 0 Å². The highest BCUT2D eigenvalue weighted by atomic mass is 32.2. The fourth-order valence-corrected chi connectivity index (χ4v) is 9.06. The first-order valence-electron chi connectivity index (χ1n) is 16.0. The maximum absolute atomic E-state index is 14.0. The van der Waals surface area contributed by atoms with Crippen molar-refractivity contribution in [3.8, 4) is 5.75 Å². The van der Waals surface area contributed by atoms with Crippen LogP contribution < -0.4 is 25.4 Å². The lowest BCUT2D eigenvalue weighted by Gasteiger charge is -2.35. The Morgan fingerprint density at radius 1 is 1.02 bits per heavy atom. The highest BCUT2D eigenvalue weighted by molar-refractivity contribution is 8.00. The topological polar surface area (TPSA) is 168 Å². The molecule has 3 atom stereocenters. The number of nitrogens with one attached hydrogen (secondary N) is 2. The van der Waals surface area contributed by atoms with E-state index in [0.29, 0.717) is 30.0 Å². The van der Waals surface area contributed by atoms with Crippen LogP contribution in [0.15, 0.2) is 83.8 Å². The largest absolute Gasteiger partial charge is 0.484 e. The van der Waals surface area contributed by atoms with Crippen LogP contribution in [0.1, 0.15) is 56.7 Å². The lowest BCUT2D eigenvalue weighted by Crippen LogP contribution is -2.51. The lowest BCUT2D eigenvalue weighted by atomic mass is 9.82. The number of amides is 3. The Kier molecular flexibility index (Phi) is 12.9. The van der Waals surface area contributed by atoms with E-state index in [1.807, 2.05) is 30.3 Å². The number of aliphatic hydroxyl groups excluding tert-OH is 1. The van der Waals surface area contributed by atoms with Crippen molar-refractivity contribution < 1.29 is 32.6 Å². The van der Waals surface area contributed by atoms with E-state index >= 15 is 0 Å². The summed E-state index contributed by atoms with van der Waals surface area (Å²) in [5.41, 5.74) is 6.95. The molecule has 0 bridgehead atoms. The van der Waals surface area contributed by atoms with Crippen molar-refractivity contribution in [1.29, 1.82) is 0 Å². The quantitative estimate of drug-likeness (QED) is 0.162. The van der Waals surface area contributed by atoms with Gasteiger partial charge in [-0.1, -0.05) is 87.4 Å². The molecule has 0 aliphatic carbocycles. The number of rotatable bonds is 16. The number of nitrogens with two attached hydrogens (primary N) is 1. The van der Waals surface area contributed by atoms with E-state index < -0.39 is 58.3 Å². The molecule has 3 aromatic rings. The third kappa shape index (κ3) is 9.51. The Labute approximate surface area is 286 Å². The van der Waals surface area contributed by atoms with Crippen molar-refractivity contribution in [2.45, 2.75) is 62.3 Å². The molecular formula is C35H44N4O7S2. The summed E-state index contributed by atoms with van der Waals surface area (Å²) < 4.78 is 35.9. The number of nitrogens with zero attached hydrogens (tertiary/aromatic N) is 1. The monoisotopic (exact) mass is 696 g/mol. The minimum absolute atomic E-state index is 0.00381. The average molecular weight is 697 g/mol. The van der Waals surface area contributed by atoms with E-state index in [1.54, 1.807) is 54.4 Å². The normalized spacial score (nSPS) is 18.1. The average Bonchev–Trinajstić information content (AvgIpc) is 3.18. The number of carbonyl (C=O) groups excluding carboxylic acids is 3. The molecule has 1 aliphatic rings. The van der Waals surface area contributed by atoms with E-state index in [2.05, 4.69) is 28.8 Å². The van der Waals surface area contributed by atoms with Crippen LogP contribution in [0.25, 0.3) is 0 Å². The Morgan fingerprint density at radius 2 is 1.71 bits per heavy atom. The number of aliphatic hydroxyl groups is 1. The molecule has 0 aromatic heterocycles. The first kappa shape index (κ1) is 36.8. The van der Waals surface area contributed by atoms with Gasteiger partial charge >= 0.3 is 0 Å². The van der Waals surface area contributed by atoms with Gasteiger partial charge in [-0.3, -0.25) is 14.4 Å². The van der Waals surface area contributed by atoms with Gasteiger partial charge in [0.1, 0.15) is 17.8 Å². The number of fused-ring (bicyclic) bond motifs is 1. The predicted molar refractivity (Wildman–Crippen MR) is 187 cm³/mol. The van der Waals surface area contributed by atoms with E-state index in [4.69, 9.17) is 10.5 Å². The van der Waals surface area contributed by atoms with Crippen LogP contribution in [0.5, 0.6) is 5.75 Å². The van der Waals surface area contributed by atoms with Crippen LogP contribution in [-0.4, -0.2) is 62.8 Å². The van der Waals surface area contributed by atoms with Crippen molar-refractivity contribution in [2.75, 3.05) is 29.8 Å². The van der Waals surface area contributed by atoms with E-state index in [0.717, 1.165) is 24.8 Å². The Hall–Kier alpha value is -4.07. The molecule has 48 heavy (non-hydrogen) atoms. The second kappa shape index (κ2) is 16.8. The summed E-state index contributed by atoms with van der Waals surface area (Å²) in [5.74, 6) is -1.48. The Balaban J connectivity index is 1.56. The van der Waals surface area contributed by atoms with Gasteiger partial charge in [-0.05, 0) is 48.0 Å². The van der Waals surface area contributed by atoms with Crippen molar-refractivity contribution >= 4 is 45.2 Å². The minimum Gasteiger partial charge on any atom is -0.484 e. The molecule has 13 heteroatoms. The van der Waals surface area contributed by atoms with Crippen LogP contribution >= 0.6 is 11.9 Å². The zero-order chi connectivity index (χ0) is 34.7. The summed E-state index contributed by atoms with van der Waals surface area (Å²) in [5, 5.41) is 14.4. The molecule has 5 N–H and O–H groups in total. The highest BCUT2D eigenvalue weighted by Gasteiger charge is 2.41. The van der Waals surface area contributed by atoms with Gasteiger partial charge in [0.05, 0.1) is 22.9 Å². The van der Waals surface area contributed by atoms with Gasteiger partial charge in [0.15, 0.2) is 16.4 Å². The van der Waals surface area contributed by atoms with Crippen molar-refractivity contribution in [3.63, 3.8) is 0 Å². The van der Waals surface area contributed by atoms with Gasteiger partial charge in [0.2, 0.25) is 11.8 Å². The first-order chi connectivity index (χ1) is 23.0. The molecule has 4 rings (SSSR count). The number of anilines is 1. The fraction of sp³-hybridized carbons (Fsp3) is 0.400. The summed E-state index contributed by atoms with van der Waals surface area (Å²) in [4.78, 5) is 37.9. The van der Waals surface area contributed by atoms with Crippen LogP contribution in [0.4, 0.5) is 5.69 Å². The number of primary amides is 1. The summed E-state index contributed by atoms with van der Waals surface area (Å²) in [6.45, 7) is 3.50. The number of benzene rings is 3. The molecule has 0 spiro atoms. The predicted octanol–water partition coefficient (Wildman–Crippen LogP) is 3.91. The molecule has 11 nitrogen and oxygen atoms in total. The summed E-state index contributed by atoms with van der Waals surface area (Å²) in [7, 11) is -3.74. The zero-order valence-corrected chi connectivity index (χ0v) is 28.9. The third-order valence-corrected chi connectivity index (χ3v) is 11.6. The first-order valence-corrected chi connectivity index (χ1v) is 18.6. The van der Waals surface area contributed by atoms with E-state index in [-0.39, 0.29) is 16.4 Å². The van der Waals surface area contributed by atoms with E-state index in [9.17, 15) is 27.9 Å². The molecule has 1 unspecified atom stereocenters. The minimum atomic E-state index is -3.74. The van der Waals surface area contributed by atoms with Gasteiger partial charge in [-0.2, -0.15) is 0 Å². The number of hydrogen-bond acceptors (Lipinski definition) is 9. The second-order valence-corrected chi connectivity index (χ2v) is 14.9. The molecule has 1 heterocycles. The molecule has 1 aliphatic heterocycles. The summed E-state index contributed by atoms with van der Waals surface area (Å²) in [6, 6.07) is 20.7. The highest BCUT2D eigenvalue weighted by Crippen LogP contribution is 2.45. The molecule has 0 saturated carbocycles. The van der Waals surface area contributed by atoms with Crippen molar-refractivity contribution in [3.05, 3.63) is 90.0 Å². The second-order valence-electron chi connectivity index (χ2n) is 12.0. The van der Waals surface area contributed by atoms with Gasteiger partial charge in [0.25, 0.3) is 5.91 Å². The fourth-order valence-electron chi connectivity index (χ4n) is 5.65. The standard InChI is InChI=1S/C35H44N4O7S2/c1-3-5-18-35(4-2)23-39(47-22-25-12-8-6-9-13-25)29-17-16-27(19-30(29)48(44,45)24-35)46-21-31(41)38-32(26-14-10-7-11-15-26)34(43)37-28(20-40)33(36)42/h6-17,19,28,32,40H,3-5,18,20-24H2,1-2H3,(H2,36,42)(H,37,43)(H,38,41)/t28-,32+,35?/m0/s1.